The van der Waals surface area contributed by atoms with Crippen LogP contribution in [0.2, 0.25) is 0 Å². The maximum atomic E-state index is 13.1. The van der Waals surface area contributed by atoms with Crippen LogP contribution in [0.15, 0.2) is 30.3 Å². The lowest BCUT2D eigenvalue weighted by Gasteiger charge is -2.28. The van der Waals surface area contributed by atoms with Gasteiger partial charge in [-0.2, -0.15) is 12.6 Å². The van der Waals surface area contributed by atoms with Crippen molar-refractivity contribution in [2.45, 2.75) is 71.1 Å². The predicted molar refractivity (Wildman–Crippen MR) is 134 cm³/mol. The van der Waals surface area contributed by atoms with Crippen LogP contribution in [-0.2, 0) is 25.6 Å². The van der Waals surface area contributed by atoms with Crippen LogP contribution in [0.5, 0.6) is 0 Å². The topological polar surface area (TPSA) is 151 Å². The number of carbonyl (C=O) groups is 4. The third-order valence-corrected chi connectivity index (χ3v) is 5.96. The molecule has 1 rings (SSSR count). The molecule has 34 heavy (non-hydrogen) atoms. The van der Waals surface area contributed by atoms with Crippen LogP contribution in [0.25, 0.3) is 0 Å². The molecule has 9 nitrogen and oxygen atoms in total. The number of hydrogen-bond acceptors (Lipinski definition) is 6. The first-order valence-corrected chi connectivity index (χ1v) is 12.2. The molecule has 1 aromatic carbocycles. The van der Waals surface area contributed by atoms with Gasteiger partial charge in [-0.25, -0.2) is 4.79 Å². The zero-order chi connectivity index (χ0) is 25.8. The van der Waals surface area contributed by atoms with E-state index in [0.717, 1.165) is 5.56 Å². The maximum absolute atomic E-state index is 13.1. The second-order valence-corrected chi connectivity index (χ2v) is 9.31. The fourth-order valence-corrected chi connectivity index (χ4v) is 3.50. The number of rotatable bonds is 14. The summed E-state index contributed by atoms with van der Waals surface area (Å²) in [5, 5.41) is 17.6. The summed E-state index contributed by atoms with van der Waals surface area (Å²) in [4.78, 5) is 50.2. The quantitative estimate of drug-likeness (QED) is 0.213. The van der Waals surface area contributed by atoms with Crippen LogP contribution in [-0.4, -0.2) is 58.7 Å². The second-order valence-electron chi connectivity index (χ2n) is 8.94. The smallest absolute Gasteiger partial charge is 0.326 e. The lowest BCUT2D eigenvalue weighted by Crippen LogP contribution is -2.59. The van der Waals surface area contributed by atoms with E-state index >= 15 is 0 Å². The molecule has 0 heterocycles. The number of nitrogens with two attached hydrogens (primary N) is 1. The third-order valence-electron chi connectivity index (χ3n) is 5.56. The van der Waals surface area contributed by atoms with Gasteiger partial charge in [0, 0.05) is 12.2 Å². The molecule has 0 spiro atoms. The Morgan fingerprint density at radius 1 is 0.941 bits per heavy atom. The van der Waals surface area contributed by atoms with Crippen molar-refractivity contribution in [1.29, 1.82) is 0 Å². The molecule has 0 radical (unpaired) electrons. The van der Waals surface area contributed by atoms with Gasteiger partial charge in [-0.1, -0.05) is 64.4 Å². The summed E-state index contributed by atoms with van der Waals surface area (Å²) in [6, 6.07) is 5.09. The van der Waals surface area contributed by atoms with E-state index in [1.165, 1.54) is 0 Å². The van der Waals surface area contributed by atoms with Crippen molar-refractivity contribution in [2.24, 2.45) is 17.6 Å². The van der Waals surface area contributed by atoms with Crippen molar-refractivity contribution in [3.63, 3.8) is 0 Å². The molecule has 6 N–H and O–H groups in total. The van der Waals surface area contributed by atoms with Crippen molar-refractivity contribution < 1.29 is 24.3 Å². The molecule has 5 unspecified atom stereocenters. The van der Waals surface area contributed by atoms with E-state index in [2.05, 4.69) is 28.6 Å². The van der Waals surface area contributed by atoms with Crippen LogP contribution < -0.4 is 21.7 Å². The molecule has 0 aliphatic carbocycles. The molecule has 0 fully saturated rings. The van der Waals surface area contributed by atoms with E-state index in [-0.39, 0.29) is 24.0 Å². The fraction of sp³-hybridized carbons (Fsp3) is 0.583. The minimum atomic E-state index is -1.17. The van der Waals surface area contributed by atoms with Gasteiger partial charge in [-0.15, -0.1) is 0 Å². The number of carbonyl (C=O) groups excluding carboxylic acids is 3. The lowest BCUT2D eigenvalue weighted by molar-refractivity contribution is -0.142. The van der Waals surface area contributed by atoms with Crippen molar-refractivity contribution in [1.82, 2.24) is 16.0 Å². The molecule has 5 atom stereocenters. The summed E-state index contributed by atoms with van der Waals surface area (Å²) in [5.74, 6) is -2.84. The monoisotopic (exact) mass is 494 g/mol. The second kappa shape index (κ2) is 14.6. The average Bonchev–Trinajstić information content (AvgIpc) is 2.80. The van der Waals surface area contributed by atoms with Gasteiger partial charge >= 0.3 is 5.97 Å². The summed E-state index contributed by atoms with van der Waals surface area (Å²) >= 11 is 4.02. The number of carboxylic acids is 1. The zero-order valence-electron chi connectivity index (χ0n) is 20.3. The minimum absolute atomic E-state index is 0.0442. The highest BCUT2D eigenvalue weighted by atomic mass is 32.1. The van der Waals surface area contributed by atoms with E-state index in [9.17, 15) is 24.3 Å². The first-order chi connectivity index (χ1) is 16.0. The Balaban J connectivity index is 3.01. The third kappa shape index (κ3) is 9.72. The molecule has 0 saturated carbocycles. The Kier molecular flexibility index (Phi) is 12.7. The summed E-state index contributed by atoms with van der Waals surface area (Å²) < 4.78 is 0. The summed E-state index contributed by atoms with van der Waals surface area (Å²) in [6.45, 7) is 7.49. The number of aliphatic carboxylic acids is 1. The molecule has 10 heteroatoms. The van der Waals surface area contributed by atoms with Gasteiger partial charge in [0.1, 0.15) is 18.1 Å². The molecule has 1 aromatic rings. The highest BCUT2D eigenvalue weighted by Crippen LogP contribution is 2.12. The molecule has 0 aliphatic rings. The maximum Gasteiger partial charge on any atom is 0.326 e. The molecular weight excluding hydrogens is 456 g/mol. The highest BCUT2D eigenvalue weighted by molar-refractivity contribution is 7.80. The van der Waals surface area contributed by atoms with Crippen molar-refractivity contribution >= 4 is 36.3 Å². The first kappa shape index (κ1) is 29.4. The average molecular weight is 495 g/mol. The number of thiol groups is 1. The van der Waals surface area contributed by atoms with Gasteiger partial charge < -0.3 is 26.8 Å². The molecule has 0 aromatic heterocycles. The van der Waals surface area contributed by atoms with Gasteiger partial charge in [0.05, 0.1) is 6.04 Å². The first-order valence-electron chi connectivity index (χ1n) is 11.5. The van der Waals surface area contributed by atoms with Crippen LogP contribution in [0.1, 0.15) is 46.1 Å². The molecule has 190 valence electrons. The molecule has 0 bridgehead atoms. The van der Waals surface area contributed by atoms with Crippen molar-refractivity contribution in [2.75, 3.05) is 5.75 Å². The van der Waals surface area contributed by atoms with E-state index in [1.807, 2.05) is 33.8 Å². The van der Waals surface area contributed by atoms with E-state index in [4.69, 9.17) is 5.73 Å². The molecule has 0 saturated heterocycles. The Hall–Kier alpha value is -2.59. The van der Waals surface area contributed by atoms with Gasteiger partial charge in [0.25, 0.3) is 0 Å². The van der Waals surface area contributed by atoms with Gasteiger partial charge in [0.15, 0.2) is 0 Å². The zero-order valence-corrected chi connectivity index (χ0v) is 21.2. The van der Waals surface area contributed by atoms with Gasteiger partial charge in [-0.3, -0.25) is 14.4 Å². The van der Waals surface area contributed by atoms with Crippen LogP contribution >= 0.6 is 12.6 Å². The van der Waals surface area contributed by atoms with Crippen molar-refractivity contribution in [3.05, 3.63) is 35.9 Å². The number of benzene rings is 1. The Morgan fingerprint density at radius 3 is 2.03 bits per heavy atom. The molecule has 3 amide bonds. The number of hydrogen-bond donors (Lipinski definition) is 6. The van der Waals surface area contributed by atoms with Gasteiger partial charge in [0.2, 0.25) is 17.7 Å². The Labute approximate surface area is 207 Å². The standard InChI is InChI=1S/C24H38N4O5S/c1-5-15(4)20(28-21(29)17(25)13-34)23(31)26-18(11-14(2)3)22(30)27-19(24(32)33)12-16-9-7-6-8-10-16/h6-10,14-15,17-20,34H,5,11-13,25H2,1-4H3,(H,26,31)(H,27,30)(H,28,29)(H,32,33). The number of nitrogens with one attached hydrogen (secondary N) is 3. The molecule has 0 aliphatic heterocycles. The number of carboxylic acid groups (broad SMARTS) is 1. The fourth-order valence-electron chi connectivity index (χ4n) is 3.33. The summed E-state index contributed by atoms with van der Waals surface area (Å²) in [7, 11) is 0. The van der Waals surface area contributed by atoms with Crippen molar-refractivity contribution in [3.8, 4) is 0 Å². The molecular formula is C24H38N4O5S. The Bertz CT molecular complexity index is 821. The van der Waals surface area contributed by atoms with Crippen LogP contribution in [0.4, 0.5) is 0 Å². The van der Waals surface area contributed by atoms with E-state index < -0.39 is 47.9 Å². The van der Waals surface area contributed by atoms with Crippen LogP contribution in [0.3, 0.4) is 0 Å². The summed E-state index contributed by atoms with van der Waals surface area (Å²) in [6.07, 6.45) is 1.01. The normalized spacial score (nSPS) is 15.5. The number of amides is 3. The van der Waals surface area contributed by atoms with E-state index in [1.54, 1.807) is 24.3 Å². The largest absolute Gasteiger partial charge is 0.480 e. The predicted octanol–water partition coefficient (Wildman–Crippen LogP) is 1.12. The van der Waals surface area contributed by atoms with Crippen LogP contribution in [0, 0.1) is 11.8 Å². The lowest BCUT2D eigenvalue weighted by atomic mass is 9.96. The minimum Gasteiger partial charge on any atom is -0.480 e. The SMILES string of the molecule is CCC(C)C(NC(=O)C(N)CS)C(=O)NC(CC(C)C)C(=O)NC(Cc1ccccc1)C(=O)O. The Morgan fingerprint density at radius 2 is 1.53 bits per heavy atom. The highest BCUT2D eigenvalue weighted by Gasteiger charge is 2.32. The summed E-state index contributed by atoms with van der Waals surface area (Å²) in [5.41, 5.74) is 6.49. The van der Waals surface area contributed by atoms with E-state index in [0.29, 0.717) is 12.8 Å². The van der Waals surface area contributed by atoms with Gasteiger partial charge in [-0.05, 0) is 23.8 Å².